The second-order valence-corrected chi connectivity index (χ2v) is 8.26. The third kappa shape index (κ3) is 4.17. The first-order valence-electron chi connectivity index (χ1n) is 7.84. The molecular formula is C16H21N3O3S. The fourth-order valence-electron chi connectivity index (χ4n) is 2.90. The normalized spacial score (nSPS) is 19.8. The lowest BCUT2D eigenvalue weighted by Gasteiger charge is -2.32. The van der Waals surface area contributed by atoms with Crippen LogP contribution in [0.3, 0.4) is 0 Å². The molecule has 1 saturated heterocycles. The highest BCUT2D eigenvalue weighted by Crippen LogP contribution is 2.30. The largest absolute Gasteiger partial charge is 0.337 e. The van der Waals surface area contributed by atoms with Gasteiger partial charge in [0.15, 0.2) is 0 Å². The molecule has 3 rings (SSSR count). The van der Waals surface area contributed by atoms with Crippen molar-refractivity contribution in [3.05, 3.63) is 36.2 Å². The first kappa shape index (κ1) is 16.1. The molecule has 124 valence electrons. The van der Waals surface area contributed by atoms with Gasteiger partial charge >= 0.3 is 0 Å². The molecule has 1 aliphatic heterocycles. The number of benzene rings is 1. The average Bonchev–Trinajstić information content (AvgIpc) is 3.03. The molecule has 1 aromatic carbocycles. The van der Waals surface area contributed by atoms with Crippen molar-refractivity contribution in [1.82, 2.24) is 15.0 Å². The molecule has 0 spiro atoms. The summed E-state index contributed by atoms with van der Waals surface area (Å²) in [4.78, 5) is 6.68. The van der Waals surface area contributed by atoms with Crippen LogP contribution in [0.1, 0.15) is 31.2 Å². The molecule has 6 nitrogen and oxygen atoms in total. The average molecular weight is 335 g/mol. The van der Waals surface area contributed by atoms with Crippen molar-refractivity contribution in [2.75, 3.05) is 25.1 Å². The summed E-state index contributed by atoms with van der Waals surface area (Å²) in [7, 11) is -2.98. The monoisotopic (exact) mass is 335 g/mol. The summed E-state index contributed by atoms with van der Waals surface area (Å²) in [6, 6.07) is 9.71. The first-order valence-corrected chi connectivity index (χ1v) is 9.90. The van der Waals surface area contributed by atoms with Gasteiger partial charge in [-0.25, -0.2) is 8.42 Å². The lowest BCUT2D eigenvalue weighted by Crippen LogP contribution is -2.36. The molecule has 0 amide bonds. The molecule has 7 heteroatoms. The Bertz CT molecular complexity index is 743. The van der Waals surface area contributed by atoms with Crippen molar-refractivity contribution in [2.24, 2.45) is 0 Å². The van der Waals surface area contributed by atoms with Crippen molar-refractivity contribution in [3.63, 3.8) is 0 Å². The van der Waals surface area contributed by atoms with Crippen molar-refractivity contribution in [1.29, 1.82) is 0 Å². The van der Waals surface area contributed by atoms with Gasteiger partial charge in [0, 0.05) is 18.4 Å². The quantitative estimate of drug-likeness (QED) is 0.834. The van der Waals surface area contributed by atoms with E-state index < -0.39 is 9.84 Å². The minimum Gasteiger partial charge on any atom is -0.337 e. The second kappa shape index (κ2) is 6.80. The van der Waals surface area contributed by atoms with E-state index >= 15 is 0 Å². The number of nitrogens with zero attached hydrogens (tertiary/aromatic N) is 3. The van der Waals surface area contributed by atoms with E-state index in [1.54, 1.807) is 0 Å². The summed E-state index contributed by atoms with van der Waals surface area (Å²) in [6.07, 6.45) is 4.34. The van der Waals surface area contributed by atoms with E-state index in [1.165, 1.54) is 6.26 Å². The molecule has 0 saturated carbocycles. The lowest BCUT2D eigenvalue weighted by molar-refractivity contribution is 0.126. The molecular weight excluding hydrogens is 314 g/mol. The topological polar surface area (TPSA) is 76.3 Å². The van der Waals surface area contributed by atoms with Gasteiger partial charge in [-0.05, 0) is 19.4 Å². The molecule has 1 aliphatic rings. The zero-order valence-corrected chi connectivity index (χ0v) is 14.0. The Morgan fingerprint density at radius 1 is 1.26 bits per heavy atom. The Hall–Kier alpha value is -1.73. The number of sulfone groups is 1. The molecule has 0 bridgehead atoms. The third-order valence-corrected chi connectivity index (χ3v) is 5.05. The minimum atomic E-state index is -2.98. The molecule has 1 aromatic heterocycles. The van der Waals surface area contributed by atoms with E-state index in [0.29, 0.717) is 18.3 Å². The zero-order chi connectivity index (χ0) is 16.3. The van der Waals surface area contributed by atoms with E-state index in [-0.39, 0.29) is 11.8 Å². The maximum atomic E-state index is 11.4. The van der Waals surface area contributed by atoms with Gasteiger partial charge in [-0.1, -0.05) is 41.9 Å². The van der Waals surface area contributed by atoms with Crippen LogP contribution in [0.4, 0.5) is 0 Å². The van der Waals surface area contributed by atoms with Crippen LogP contribution in [0.2, 0.25) is 0 Å². The number of aromatic nitrogens is 2. The van der Waals surface area contributed by atoms with E-state index in [4.69, 9.17) is 4.52 Å². The van der Waals surface area contributed by atoms with Crippen molar-refractivity contribution < 1.29 is 12.9 Å². The van der Waals surface area contributed by atoms with Crippen LogP contribution < -0.4 is 0 Å². The van der Waals surface area contributed by atoms with Gasteiger partial charge in [0.05, 0.1) is 11.8 Å². The smallest absolute Gasteiger partial charge is 0.244 e. The number of piperidine rings is 1. The Morgan fingerprint density at radius 3 is 2.78 bits per heavy atom. The predicted octanol–water partition coefficient (Wildman–Crippen LogP) is 2.31. The predicted molar refractivity (Wildman–Crippen MR) is 87.6 cm³/mol. The number of hydrogen-bond acceptors (Lipinski definition) is 6. The van der Waals surface area contributed by atoms with Crippen LogP contribution in [-0.2, 0) is 9.84 Å². The van der Waals surface area contributed by atoms with Gasteiger partial charge in [0.1, 0.15) is 9.84 Å². The van der Waals surface area contributed by atoms with Gasteiger partial charge in [-0.2, -0.15) is 4.98 Å². The zero-order valence-electron chi connectivity index (χ0n) is 13.2. The lowest BCUT2D eigenvalue weighted by atomic mass is 10.0. The first-order chi connectivity index (χ1) is 11.0. The van der Waals surface area contributed by atoms with Crippen LogP contribution in [0, 0.1) is 0 Å². The van der Waals surface area contributed by atoms with Crippen LogP contribution in [0.5, 0.6) is 0 Å². The van der Waals surface area contributed by atoms with E-state index in [1.807, 2.05) is 30.3 Å². The molecule has 23 heavy (non-hydrogen) atoms. The summed E-state index contributed by atoms with van der Waals surface area (Å²) >= 11 is 0. The summed E-state index contributed by atoms with van der Waals surface area (Å²) < 4.78 is 28.3. The van der Waals surface area contributed by atoms with Crippen LogP contribution in [0.15, 0.2) is 34.9 Å². The van der Waals surface area contributed by atoms with Crippen molar-refractivity contribution in [3.8, 4) is 11.4 Å². The van der Waals surface area contributed by atoms with Gasteiger partial charge in [-0.15, -0.1) is 0 Å². The third-order valence-electron chi connectivity index (χ3n) is 4.12. The summed E-state index contributed by atoms with van der Waals surface area (Å²) in [5.74, 6) is 1.31. The molecule has 0 aliphatic carbocycles. The summed E-state index contributed by atoms with van der Waals surface area (Å²) in [5, 5.41) is 4.07. The number of hydrogen-bond donors (Lipinski definition) is 0. The molecule has 1 atom stereocenters. The Labute approximate surface area is 136 Å². The SMILES string of the molecule is CS(=O)(=O)CCN1CCCC[C@H]1c1nc(-c2ccccc2)no1. The maximum absolute atomic E-state index is 11.4. The Kier molecular flexibility index (Phi) is 4.77. The highest BCUT2D eigenvalue weighted by atomic mass is 32.2. The molecule has 0 radical (unpaired) electrons. The van der Waals surface area contributed by atoms with Gasteiger partial charge in [0.2, 0.25) is 11.7 Å². The highest BCUT2D eigenvalue weighted by molar-refractivity contribution is 7.90. The van der Waals surface area contributed by atoms with Crippen LogP contribution in [0.25, 0.3) is 11.4 Å². The summed E-state index contributed by atoms with van der Waals surface area (Å²) in [5.41, 5.74) is 0.918. The number of rotatable bonds is 5. The summed E-state index contributed by atoms with van der Waals surface area (Å²) in [6.45, 7) is 1.37. The Morgan fingerprint density at radius 2 is 2.04 bits per heavy atom. The molecule has 0 N–H and O–H groups in total. The number of likely N-dealkylation sites (tertiary alicyclic amines) is 1. The van der Waals surface area contributed by atoms with Gasteiger partial charge < -0.3 is 4.52 Å². The van der Waals surface area contributed by atoms with Gasteiger partial charge in [0.25, 0.3) is 0 Å². The fraction of sp³-hybridized carbons (Fsp3) is 0.500. The van der Waals surface area contributed by atoms with Crippen molar-refractivity contribution in [2.45, 2.75) is 25.3 Å². The van der Waals surface area contributed by atoms with Gasteiger partial charge in [-0.3, -0.25) is 4.90 Å². The highest BCUT2D eigenvalue weighted by Gasteiger charge is 2.29. The van der Waals surface area contributed by atoms with E-state index in [9.17, 15) is 8.42 Å². The molecule has 2 heterocycles. The molecule has 2 aromatic rings. The van der Waals surface area contributed by atoms with Crippen molar-refractivity contribution >= 4 is 9.84 Å². The standard InChI is InChI=1S/C16H21N3O3S/c1-23(20,21)12-11-19-10-6-5-9-14(19)16-17-15(18-22-16)13-7-3-2-4-8-13/h2-4,7-8,14H,5-6,9-12H2,1H3/t14-/m0/s1. The molecule has 1 fully saturated rings. The van der Waals surface area contributed by atoms with Crippen LogP contribution >= 0.6 is 0 Å². The van der Waals surface area contributed by atoms with E-state index in [0.717, 1.165) is 31.4 Å². The van der Waals surface area contributed by atoms with E-state index in [2.05, 4.69) is 15.0 Å². The second-order valence-electron chi connectivity index (χ2n) is 6.00. The maximum Gasteiger partial charge on any atom is 0.244 e. The fourth-order valence-corrected chi connectivity index (χ4v) is 3.46. The minimum absolute atomic E-state index is 0.00969. The van der Waals surface area contributed by atoms with Crippen LogP contribution in [-0.4, -0.2) is 48.6 Å². The Balaban J connectivity index is 1.77. The molecule has 0 unspecified atom stereocenters.